The number of fused-ring (bicyclic) bond motifs is 2. The van der Waals surface area contributed by atoms with Crippen LogP contribution in [0.4, 0.5) is 13.2 Å². The number of nitrogens with one attached hydrogen (secondary N) is 2. The van der Waals surface area contributed by atoms with Crippen molar-refractivity contribution in [2.45, 2.75) is 25.7 Å². The molecule has 0 spiro atoms. The predicted molar refractivity (Wildman–Crippen MR) is 86.4 cm³/mol. The van der Waals surface area contributed by atoms with Crippen LogP contribution in [0.1, 0.15) is 19.7 Å². The molecule has 4 rings (SSSR count). The molecule has 26 heavy (non-hydrogen) atoms. The zero-order valence-corrected chi connectivity index (χ0v) is 14.3. The standard InChI is InChI=1S/C17H19F3N4O2/c1-16(2,23-14(25)13-9-6-21-7-10(9)13)15-22-8-11-12(26-17(18,19)20)4-3-5-24(11)15/h3-5,8-10,13,21H,6-7H2,1-2H3,(H,23,25)/t9-,10?,13+/m0/s1. The van der Waals surface area contributed by atoms with Crippen LogP contribution in [-0.4, -0.2) is 34.7 Å². The lowest BCUT2D eigenvalue weighted by Crippen LogP contribution is -2.44. The van der Waals surface area contributed by atoms with E-state index in [1.807, 2.05) is 0 Å². The van der Waals surface area contributed by atoms with Gasteiger partial charge < -0.3 is 15.4 Å². The first-order valence-electron chi connectivity index (χ1n) is 8.42. The van der Waals surface area contributed by atoms with Gasteiger partial charge in [-0.2, -0.15) is 0 Å². The van der Waals surface area contributed by atoms with Crippen LogP contribution in [0.15, 0.2) is 24.5 Å². The Morgan fingerprint density at radius 1 is 1.35 bits per heavy atom. The van der Waals surface area contributed by atoms with Crippen LogP contribution in [0.25, 0.3) is 5.52 Å². The predicted octanol–water partition coefficient (Wildman–Crippen LogP) is 2.05. The number of alkyl halides is 3. The second kappa shape index (κ2) is 5.60. The molecule has 2 aliphatic rings. The summed E-state index contributed by atoms with van der Waals surface area (Å²) < 4.78 is 43.3. The maximum Gasteiger partial charge on any atom is 0.573 e. The van der Waals surface area contributed by atoms with Crippen LogP contribution in [0.5, 0.6) is 5.75 Å². The number of piperidine rings is 1. The summed E-state index contributed by atoms with van der Waals surface area (Å²) in [4.78, 5) is 16.8. The van der Waals surface area contributed by atoms with E-state index in [0.29, 0.717) is 17.7 Å². The van der Waals surface area contributed by atoms with Gasteiger partial charge in [-0.25, -0.2) is 4.98 Å². The van der Waals surface area contributed by atoms with Gasteiger partial charge in [-0.05, 0) is 50.9 Å². The Balaban J connectivity index is 1.59. The quantitative estimate of drug-likeness (QED) is 0.867. The van der Waals surface area contributed by atoms with Crippen molar-refractivity contribution >= 4 is 11.4 Å². The van der Waals surface area contributed by atoms with Crippen LogP contribution in [0, 0.1) is 17.8 Å². The second-order valence-corrected chi connectivity index (χ2v) is 7.38. The molecule has 140 valence electrons. The third kappa shape index (κ3) is 2.90. The average Bonchev–Trinajstić information content (AvgIpc) is 2.88. The van der Waals surface area contributed by atoms with E-state index >= 15 is 0 Å². The molecule has 0 radical (unpaired) electrons. The molecule has 0 bridgehead atoms. The highest BCUT2D eigenvalue weighted by atomic mass is 19.4. The number of hydrogen-bond acceptors (Lipinski definition) is 4. The number of carbonyl (C=O) groups is 1. The zero-order chi connectivity index (χ0) is 18.7. The number of ether oxygens (including phenoxy) is 1. The Morgan fingerprint density at radius 3 is 2.69 bits per heavy atom. The van der Waals surface area contributed by atoms with Gasteiger partial charge in [0.2, 0.25) is 5.91 Å². The van der Waals surface area contributed by atoms with Crippen molar-refractivity contribution in [2.75, 3.05) is 13.1 Å². The van der Waals surface area contributed by atoms with Crippen LogP contribution in [0.2, 0.25) is 0 Å². The van der Waals surface area contributed by atoms with E-state index in [1.165, 1.54) is 22.7 Å². The number of amides is 1. The number of carbonyl (C=O) groups excluding carboxylic acids is 1. The van der Waals surface area contributed by atoms with Gasteiger partial charge in [-0.3, -0.25) is 9.20 Å². The number of halogens is 3. The Kier molecular flexibility index (Phi) is 3.69. The van der Waals surface area contributed by atoms with Gasteiger partial charge >= 0.3 is 6.36 Å². The summed E-state index contributed by atoms with van der Waals surface area (Å²) in [7, 11) is 0. The number of nitrogens with zero attached hydrogens (tertiary/aromatic N) is 2. The fraction of sp³-hybridized carbons (Fsp3) is 0.529. The molecule has 1 amide bonds. The van der Waals surface area contributed by atoms with Crippen LogP contribution < -0.4 is 15.4 Å². The summed E-state index contributed by atoms with van der Waals surface area (Å²) in [6, 6.07) is 2.69. The topological polar surface area (TPSA) is 67.7 Å². The van der Waals surface area contributed by atoms with Crippen molar-refractivity contribution in [3.8, 4) is 5.75 Å². The molecule has 1 aliphatic carbocycles. The van der Waals surface area contributed by atoms with Gasteiger partial charge in [0.15, 0.2) is 5.75 Å². The number of imidazole rings is 1. The molecule has 1 unspecified atom stereocenters. The summed E-state index contributed by atoms with van der Waals surface area (Å²) in [5.41, 5.74) is -0.653. The molecule has 1 aliphatic heterocycles. The highest BCUT2D eigenvalue weighted by Gasteiger charge is 2.57. The molecule has 0 aromatic carbocycles. The van der Waals surface area contributed by atoms with E-state index in [1.54, 1.807) is 20.0 Å². The van der Waals surface area contributed by atoms with Gasteiger partial charge in [0.05, 0.1) is 11.7 Å². The highest BCUT2D eigenvalue weighted by Crippen LogP contribution is 2.49. The fourth-order valence-electron chi connectivity index (χ4n) is 3.92. The maximum atomic E-state index is 12.6. The minimum absolute atomic E-state index is 0.00544. The first-order chi connectivity index (χ1) is 12.2. The lowest BCUT2D eigenvalue weighted by Gasteiger charge is -2.26. The number of aromatic nitrogens is 2. The minimum atomic E-state index is -4.78. The normalized spacial score (nSPS) is 25.2. The van der Waals surface area contributed by atoms with Gasteiger partial charge in [0.25, 0.3) is 0 Å². The van der Waals surface area contributed by atoms with Crippen molar-refractivity contribution in [3.63, 3.8) is 0 Å². The molecule has 2 aromatic rings. The highest BCUT2D eigenvalue weighted by molar-refractivity contribution is 5.83. The summed E-state index contributed by atoms with van der Waals surface area (Å²) in [6.45, 7) is 5.28. The molecule has 9 heteroatoms. The molecular weight excluding hydrogens is 349 g/mol. The van der Waals surface area contributed by atoms with E-state index in [9.17, 15) is 18.0 Å². The van der Waals surface area contributed by atoms with Crippen LogP contribution >= 0.6 is 0 Å². The van der Waals surface area contributed by atoms with Gasteiger partial charge in [-0.1, -0.05) is 0 Å². The van der Waals surface area contributed by atoms with Gasteiger partial charge in [-0.15, -0.1) is 13.2 Å². The van der Waals surface area contributed by atoms with E-state index in [-0.39, 0.29) is 23.1 Å². The lowest BCUT2D eigenvalue weighted by molar-refractivity contribution is -0.274. The molecule has 2 aromatic heterocycles. The van der Waals surface area contributed by atoms with Gasteiger partial charge in [0, 0.05) is 12.1 Å². The minimum Gasteiger partial charge on any atom is -0.403 e. The number of hydrogen-bond donors (Lipinski definition) is 2. The molecular formula is C17H19F3N4O2. The Morgan fingerprint density at radius 2 is 2.04 bits per heavy atom. The third-order valence-corrected chi connectivity index (χ3v) is 5.15. The summed E-state index contributed by atoms with van der Waals surface area (Å²) in [6.07, 6.45) is -1.86. The third-order valence-electron chi connectivity index (χ3n) is 5.15. The molecule has 2 N–H and O–H groups in total. The van der Waals surface area contributed by atoms with Gasteiger partial charge in [0.1, 0.15) is 11.3 Å². The van der Waals surface area contributed by atoms with Crippen LogP contribution in [-0.2, 0) is 10.3 Å². The lowest BCUT2D eigenvalue weighted by atomic mass is 10.0. The Labute approximate surface area is 147 Å². The smallest absolute Gasteiger partial charge is 0.403 e. The average molecular weight is 368 g/mol. The van der Waals surface area contributed by atoms with Crippen molar-refractivity contribution in [1.82, 2.24) is 20.0 Å². The number of pyridine rings is 1. The van der Waals surface area contributed by atoms with E-state index in [4.69, 9.17) is 0 Å². The van der Waals surface area contributed by atoms with E-state index in [0.717, 1.165) is 13.1 Å². The van der Waals surface area contributed by atoms with Crippen molar-refractivity contribution in [2.24, 2.45) is 17.8 Å². The Hall–Kier alpha value is -2.29. The van der Waals surface area contributed by atoms with Crippen molar-refractivity contribution in [3.05, 3.63) is 30.4 Å². The second-order valence-electron chi connectivity index (χ2n) is 7.38. The largest absolute Gasteiger partial charge is 0.573 e. The monoisotopic (exact) mass is 368 g/mol. The van der Waals surface area contributed by atoms with E-state index < -0.39 is 11.9 Å². The molecule has 6 nitrogen and oxygen atoms in total. The fourth-order valence-corrected chi connectivity index (χ4v) is 3.92. The van der Waals surface area contributed by atoms with E-state index in [2.05, 4.69) is 20.4 Å². The zero-order valence-electron chi connectivity index (χ0n) is 14.3. The SMILES string of the molecule is CC(C)(NC(=O)[C@H]1C2CNC[C@@H]21)c1ncc2c(OC(F)(F)F)cccn12. The molecule has 1 saturated heterocycles. The first-order valence-corrected chi connectivity index (χ1v) is 8.42. The summed E-state index contributed by atoms with van der Waals surface area (Å²) in [5.74, 6) is 0.849. The van der Waals surface area contributed by atoms with Crippen LogP contribution in [0.3, 0.4) is 0 Å². The number of rotatable bonds is 4. The molecule has 3 atom stereocenters. The first kappa shape index (κ1) is 17.1. The molecule has 3 heterocycles. The molecule has 1 saturated carbocycles. The maximum absolute atomic E-state index is 12.6. The molecule has 2 fully saturated rings. The summed E-state index contributed by atoms with van der Waals surface area (Å²) in [5, 5.41) is 6.24. The van der Waals surface area contributed by atoms with Crippen molar-refractivity contribution in [1.29, 1.82) is 0 Å². The summed E-state index contributed by atoms with van der Waals surface area (Å²) >= 11 is 0. The Bertz CT molecular complexity index is 851. The van der Waals surface area contributed by atoms with Crippen molar-refractivity contribution < 1.29 is 22.7 Å².